The summed E-state index contributed by atoms with van der Waals surface area (Å²) in [5, 5.41) is 11.7. The number of fused-ring (bicyclic) bond motifs is 5. The molecule has 0 saturated heterocycles. The highest BCUT2D eigenvalue weighted by atomic mass is 14.6. The Labute approximate surface area is 252 Å². The summed E-state index contributed by atoms with van der Waals surface area (Å²) in [6.07, 6.45) is 3.49. The molecule has 0 fully saturated rings. The third-order valence-corrected chi connectivity index (χ3v) is 8.72. The van der Waals surface area contributed by atoms with Gasteiger partial charge in [0.1, 0.15) is 6.04 Å². The largest absolute Gasteiger partial charge is 0.313 e. The van der Waals surface area contributed by atoms with E-state index < -0.39 is 11.5 Å². The fourth-order valence-electron chi connectivity index (χ4n) is 6.81. The van der Waals surface area contributed by atoms with Crippen LogP contribution in [0.2, 0.25) is 0 Å². The van der Waals surface area contributed by atoms with Gasteiger partial charge in [0.15, 0.2) is 0 Å². The summed E-state index contributed by atoms with van der Waals surface area (Å²) >= 11 is 0. The van der Waals surface area contributed by atoms with Crippen LogP contribution < -0.4 is 5.73 Å². The van der Waals surface area contributed by atoms with Crippen LogP contribution in [0.5, 0.6) is 0 Å². The van der Waals surface area contributed by atoms with Gasteiger partial charge in [-0.05, 0) is 78.6 Å². The molecule has 1 aliphatic carbocycles. The van der Waals surface area contributed by atoms with E-state index in [-0.39, 0.29) is 0 Å². The van der Waals surface area contributed by atoms with Crippen LogP contribution in [-0.2, 0) is 5.41 Å². The Morgan fingerprint density at radius 3 is 1.95 bits per heavy atom. The molecule has 1 unspecified atom stereocenters. The molecular formula is C41H30N2. The van der Waals surface area contributed by atoms with Crippen molar-refractivity contribution in [3.8, 4) is 28.3 Å². The van der Waals surface area contributed by atoms with Crippen molar-refractivity contribution in [2.45, 2.75) is 11.5 Å². The van der Waals surface area contributed by atoms with E-state index in [4.69, 9.17) is 11.0 Å². The van der Waals surface area contributed by atoms with Crippen molar-refractivity contribution in [1.82, 2.24) is 0 Å². The first-order valence-electron chi connectivity index (χ1n) is 14.5. The molecule has 2 N–H and O–H groups in total. The zero-order valence-corrected chi connectivity index (χ0v) is 23.7. The fraction of sp³-hybridized carbons (Fsp3) is 0.0488. The predicted octanol–water partition coefficient (Wildman–Crippen LogP) is 9.29. The van der Waals surface area contributed by atoms with Crippen molar-refractivity contribution in [3.05, 3.63) is 186 Å². The Morgan fingerprint density at radius 1 is 0.698 bits per heavy atom. The number of nitrogens with zero attached hydrogens (tertiary/aromatic N) is 1. The second-order valence-corrected chi connectivity index (χ2v) is 11.0. The first-order chi connectivity index (χ1) is 21.1. The first-order valence-corrected chi connectivity index (χ1v) is 14.5. The predicted molar refractivity (Wildman–Crippen MR) is 178 cm³/mol. The molecule has 2 nitrogen and oxygen atoms in total. The first kappa shape index (κ1) is 26.4. The van der Waals surface area contributed by atoms with E-state index >= 15 is 0 Å². The number of hydrogen-bond donors (Lipinski definition) is 1. The standard InChI is InChI=1S/C41H30N2/c1-2-28(25-35(43)27-42)29-17-19-30(20-18-29)32-22-23-38-37(26-32)40-36-16-10-9-11-31(36)21-24-39(40)41(38,33-12-5-3-6-13-33)34-14-7-4-8-15-34/h2-26,35H,1,43H2/b28-25+. The van der Waals surface area contributed by atoms with Gasteiger partial charge in [-0.3, -0.25) is 0 Å². The Morgan fingerprint density at radius 2 is 1.30 bits per heavy atom. The molecule has 0 radical (unpaired) electrons. The molecule has 6 aromatic carbocycles. The number of nitrogens with two attached hydrogens (primary N) is 1. The topological polar surface area (TPSA) is 49.8 Å². The smallest absolute Gasteiger partial charge is 0.112 e. The molecule has 0 saturated carbocycles. The molecule has 0 amide bonds. The minimum atomic E-state index is -0.672. The summed E-state index contributed by atoms with van der Waals surface area (Å²) in [6.45, 7) is 3.92. The van der Waals surface area contributed by atoms with Crippen molar-refractivity contribution in [1.29, 1.82) is 5.26 Å². The van der Waals surface area contributed by atoms with E-state index in [2.05, 4.69) is 152 Å². The van der Waals surface area contributed by atoms with Crippen molar-refractivity contribution in [3.63, 3.8) is 0 Å². The lowest BCUT2D eigenvalue weighted by Gasteiger charge is -2.34. The lowest BCUT2D eigenvalue weighted by atomic mass is 9.67. The maximum atomic E-state index is 9.16. The highest BCUT2D eigenvalue weighted by Gasteiger charge is 2.46. The van der Waals surface area contributed by atoms with E-state index in [1.165, 1.54) is 44.2 Å². The Balaban J connectivity index is 1.47. The highest BCUT2D eigenvalue weighted by Crippen LogP contribution is 2.58. The average Bonchev–Trinajstić information content (AvgIpc) is 3.39. The minimum absolute atomic E-state index is 0.442. The zero-order chi connectivity index (χ0) is 29.4. The molecule has 1 aliphatic rings. The third-order valence-electron chi connectivity index (χ3n) is 8.72. The molecular weight excluding hydrogens is 520 g/mol. The summed E-state index contributed by atoms with van der Waals surface area (Å²) < 4.78 is 0. The summed E-state index contributed by atoms with van der Waals surface area (Å²) in [5.74, 6) is 0. The SMILES string of the molecule is C=C/C(=C\C(N)C#N)c1ccc(-c2ccc3c(c2)-c2c(ccc4ccccc24)C3(c2ccccc2)c2ccccc2)cc1. The maximum Gasteiger partial charge on any atom is 0.112 e. The van der Waals surface area contributed by atoms with Crippen molar-refractivity contribution >= 4 is 16.3 Å². The van der Waals surface area contributed by atoms with Crippen LogP contribution >= 0.6 is 0 Å². The van der Waals surface area contributed by atoms with Gasteiger partial charge in [0.2, 0.25) is 0 Å². The number of benzene rings is 6. The van der Waals surface area contributed by atoms with Gasteiger partial charge in [0.25, 0.3) is 0 Å². The monoisotopic (exact) mass is 550 g/mol. The zero-order valence-electron chi connectivity index (χ0n) is 23.7. The van der Waals surface area contributed by atoms with Gasteiger partial charge in [-0.25, -0.2) is 0 Å². The van der Waals surface area contributed by atoms with E-state index in [0.29, 0.717) is 0 Å². The number of hydrogen-bond acceptors (Lipinski definition) is 2. The van der Waals surface area contributed by atoms with E-state index in [1.807, 2.05) is 0 Å². The summed E-state index contributed by atoms with van der Waals surface area (Å²) in [6, 6.07) is 51.8. The molecule has 43 heavy (non-hydrogen) atoms. The van der Waals surface area contributed by atoms with Crippen LogP contribution in [0.15, 0.2) is 158 Å². The molecule has 204 valence electrons. The van der Waals surface area contributed by atoms with Crippen molar-refractivity contribution in [2.75, 3.05) is 0 Å². The molecule has 0 heterocycles. The van der Waals surface area contributed by atoms with Gasteiger partial charge in [-0.2, -0.15) is 5.26 Å². The number of allylic oxidation sites excluding steroid dienone is 2. The summed E-state index contributed by atoms with van der Waals surface area (Å²) in [7, 11) is 0. The van der Waals surface area contributed by atoms with E-state index in [1.54, 1.807) is 12.2 Å². The van der Waals surface area contributed by atoms with E-state index in [9.17, 15) is 0 Å². The third kappa shape index (κ3) is 4.22. The maximum absolute atomic E-state index is 9.16. The van der Waals surface area contributed by atoms with Crippen LogP contribution in [0.3, 0.4) is 0 Å². The minimum Gasteiger partial charge on any atom is -0.313 e. The Kier molecular flexibility index (Phi) is 6.59. The van der Waals surface area contributed by atoms with Crippen molar-refractivity contribution in [2.24, 2.45) is 5.73 Å². The summed E-state index contributed by atoms with van der Waals surface area (Å²) in [4.78, 5) is 0. The van der Waals surface area contributed by atoms with Gasteiger partial charge in [0.05, 0.1) is 11.5 Å². The fourth-order valence-corrected chi connectivity index (χ4v) is 6.81. The van der Waals surface area contributed by atoms with Crippen LogP contribution in [0, 0.1) is 11.3 Å². The second-order valence-electron chi connectivity index (χ2n) is 11.0. The highest BCUT2D eigenvalue weighted by molar-refractivity contribution is 6.04. The lowest BCUT2D eigenvalue weighted by molar-refractivity contribution is 0.769. The van der Waals surface area contributed by atoms with Crippen molar-refractivity contribution < 1.29 is 0 Å². The molecule has 6 aromatic rings. The molecule has 0 bridgehead atoms. The number of nitriles is 1. The van der Waals surface area contributed by atoms with Crippen LogP contribution in [0.4, 0.5) is 0 Å². The number of rotatable bonds is 6. The molecule has 7 rings (SSSR count). The quantitative estimate of drug-likeness (QED) is 0.210. The Hall–Kier alpha value is -5.49. The van der Waals surface area contributed by atoms with Crippen LogP contribution in [0.1, 0.15) is 27.8 Å². The van der Waals surface area contributed by atoms with E-state index in [0.717, 1.165) is 22.3 Å². The molecule has 0 spiro atoms. The van der Waals surface area contributed by atoms with Crippen LogP contribution in [-0.4, -0.2) is 6.04 Å². The molecule has 2 heteroatoms. The summed E-state index contributed by atoms with van der Waals surface area (Å²) in [5.41, 5.74) is 17.2. The second kappa shape index (κ2) is 10.7. The van der Waals surface area contributed by atoms with Gasteiger partial charge in [0, 0.05) is 0 Å². The Bertz CT molecular complexity index is 2010. The van der Waals surface area contributed by atoms with Crippen LogP contribution in [0.25, 0.3) is 38.6 Å². The molecule has 0 aromatic heterocycles. The molecule has 1 atom stereocenters. The lowest BCUT2D eigenvalue weighted by Crippen LogP contribution is -2.28. The normalized spacial score (nSPS) is 14.0. The average molecular weight is 551 g/mol. The van der Waals surface area contributed by atoms with Gasteiger partial charge in [-0.1, -0.05) is 146 Å². The van der Waals surface area contributed by atoms with Gasteiger partial charge < -0.3 is 5.73 Å². The van der Waals surface area contributed by atoms with Gasteiger partial charge >= 0.3 is 0 Å². The van der Waals surface area contributed by atoms with Gasteiger partial charge in [-0.15, -0.1) is 0 Å². The molecule has 0 aliphatic heterocycles.